The van der Waals surface area contributed by atoms with E-state index in [-0.39, 0.29) is 43.3 Å². The van der Waals surface area contributed by atoms with Gasteiger partial charge in [-0.05, 0) is 30.5 Å². The summed E-state index contributed by atoms with van der Waals surface area (Å²) in [6, 6.07) is 12.1. The highest BCUT2D eigenvalue weighted by Gasteiger charge is 2.31. The van der Waals surface area contributed by atoms with Gasteiger partial charge in [0.05, 0.1) is 19.3 Å². The molecule has 2 aromatic rings. The van der Waals surface area contributed by atoms with E-state index < -0.39 is 0 Å². The first-order valence-corrected chi connectivity index (χ1v) is 10.7. The van der Waals surface area contributed by atoms with Crippen LogP contribution in [-0.4, -0.2) is 58.9 Å². The van der Waals surface area contributed by atoms with Gasteiger partial charge in [0.15, 0.2) is 0 Å². The fourth-order valence-corrected chi connectivity index (χ4v) is 3.65. The van der Waals surface area contributed by atoms with E-state index in [0.717, 1.165) is 5.69 Å². The molecule has 0 N–H and O–H groups in total. The number of hydrogen-bond acceptors (Lipinski definition) is 4. The Balaban J connectivity index is 1.67. The van der Waals surface area contributed by atoms with Crippen LogP contribution in [0, 0.1) is 11.7 Å². The van der Waals surface area contributed by atoms with Gasteiger partial charge in [-0.25, -0.2) is 4.39 Å². The van der Waals surface area contributed by atoms with Crippen LogP contribution in [0.1, 0.15) is 31.5 Å². The molecule has 0 spiro atoms. The molecule has 31 heavy (non-hydrogen) atoms. The van der Waals surface area contributed by atoms with Gasteiger partial charge in [0.1, 0.15) is 5.82 Å². The molecule has 0 saturated carbocycles. The van der Waals surface area contributed by atoms with Gasteiger partial charge in [-0.2, -0.15) is 0 Å². The predicted molar refractivity (Wildman–Crippen MR) is 116 cm³/mol. The van der Waals surface area contributed by atoms with E-state index in [0.29, 0.717) is 37.5 Å². The molecule has 6 nitrogen and oxygen atoms in total. The summed E-state index contributed by atoms with van der Waals surface area (Å²) in [5, 5.41) is 0. The van der Waals surface area contributed by atoms with Crippen LogP contribution in [0.15, 0.2) is 48.7 Å². The normalized spacial score (nSPS) is 17.2. The number of ether oxygens (including phenoxy) is 1. The minimum Gasteiger partial charge on any atom is -0.370 e. The van der Waals surface area contributed by atoms with Gasteiger partial charge >= 0.3 is 0 Å². The van der Waals surface area contributed by atoms with Crippen molar-refractivity contribution in [1.82, 2.24) is 14.8 Å². The second-order valence-electron chi connectivity index (χ2n) is 8.31. The van der Waals surface area contributed by atoms with Crippen LogP contribution >= 0.6 is 0 Å². The highest BCUT2D eigenvalue weighted by atomic mass is 19.1. The molecule has 166 valence electrons. The first-order valence-electron chi connectivity index (χ1n) is 10.7. The van der Waals surface area contributed by atoms with Crippen LogP contribution in [-0.2, 0) is 27.4 Å². The summed E-state index contributed by atoms with van der Waals surface area (Å²) >= 11 is 0. The number of nitrogens with zero attached hydrogens (tertiary/aromatic N) is 3. The van der Waals surface area contributed by atoms with Gasteiger partial charge in [-0.3, -0.25) is 14.6 Å². The number of benzene rings is 1. The number of hydrogen-bond donors (Lipinski definition) is 0. The lowest BCUT2D eigenvalue weighted by atomic mass is 10.2. The summed E-state index contributed by atoms with van der Waals surface area (Å²) in [5.41, 5.74) is 1.30. The summed E-state index contributed by atoms with van der Waals surface area (Å²) in [6.45, 7) is 5.50. The van der Waals surface area contributed by atoms with E-state index in [1.54, 1.807) is 34.2 Å². The third-order valence-electron chi connectivity index (χ3n) is 5.22. The molecule has 3 rings (SSSR count). The van der Waals surface area contributed by atoms with Crippen molar-refractivity contribution < 1.29 is 18.7 Å². The zero-order chi connectivity index (χ0) is 22.2. The van der Waals surface area contributed by atoms with Crippen molar-refractivity contribution in [1.29, 1.82) is 0 Å². The maximum Gasteiger partial charge on any atom is 0.242 e. The third kappa shape index (κ3) is 6.85. The van der Waals surface area contributed by atoms with Crippen molar-refractivity contribution in [3.8, 4) is 0 Å². The Morgan fingerprint density at radius 1 is 1.19 bits per heavy atom. The van der Waals surface area contributed by atoms with Crippen LogP contribution in [0.2, 0.25) is 0 Å². The maximum absolute atomic E-state index is 14.0. The highest BCUT2D eigenvalue weighted by molar-refractivity contribution is 5.85. The highest BCUT2D eigenvalue weighted by Crippen LogP contribution is 2.15. The Morgan fingerprint density at radius 3 is 2.68 bits per heavy atom. The van der Waals surface area contributed by atoms with Crippen molar-refractivity contribution >= 4 is 11.8 Å². The molecule has 0 aliphatic carbocycles. The average molecular weight is 428 g/mol. The lowest BCUT2D eigenvalue weighted by Crippen LogP contribution is -2.40. The molecule has 1 atom stereocenters. The van der Waals surface area contributed by atoms with Crippen molar-refractivity contribution in [3.05, 3.63) is 65.7 Å². The maximum atomic E-state index is 14.0. The van der Waals surface area contributed by atoms with E-state index in [2.05, 4.69) is 4.98 Å². The Hall–Kier alpha value is -2.80. The number of carbonyl (C=O) groups is 2. The Morgan fingerprint density at radius 2 is 1.97 bits per heavy atom. The predicted octanol–water partition coefficient (Wildman–Crippen LogP) is 3.07. The summed E-state index contributed by atoms with van der Waals surface area (Å²) in [6.07, 6.45) is 2.10. The SMILES string of the molecule is CC(C)CN1C[C@H](OCc2ccccc2F)CN(C(=O)CCc2ccccn2)CC1=O. The summed E-state index contributed by atoms with van der Waals surface area (Å²) in [7, 11) is 0. The molecule has 0 unspecified atom stereocenters. The molecule has 0 radical (unpaired) electrons. The number of carbonyl (C=O) groups excluding carboxylic acids is 2. The van der Waals surface area contributed by atoms with Gasteiger partial charge in [0.2, 0.25) is 11.8 Å². The molecule has 7 heteroatoms. The molecule has 1 fully saturated rings. The van der Waals surface area contributed by atoms with Crippen LogP contribution in [0.5, 0.6) is 0 Å². The summed E-state index contributed by atoms with van der Waals surface area (Å²) in [4.78, 5) is 33.3. The fourth-order valence-electron chi connectivity index (χ4n) is 3.65. The van der Waals surface area contributed by atoms with Crippen LogP contribution < -0.4 is 0 Å². The minimum atomic E-state index is -0.386. The Labute approximate surface area is 183 Å². The van der Waals surface area contributed by atoms with Crippen molar-refractivity contribution in [2.24, 2.45) is 5.92 Å². The quantitative estimate of drug-likeness (QED) is 0.650. The number of halogens is 1. The van der Waals surface area contributed by atoms with Gasteiger partial charge in [0, 0.05) is 43.5 Å². The molecular weight excluding hydrogens is 397 g/mol. The Kier molecular flexibility index (Phi) is 8.12. The van der Waals surface area contributed by atoms with Gasteiger partial charge in [0.25, 0.3) is 0 Å². The third-order valence-corrected chi connectivity index (χ3v) is 5.22. The number of amides is 2. The molecule has 1 aliphatic rings. The lowest BCUT2D eigenvalue weighted by molar-refractivity contribution is -0.139. The topological polar surface area (TPSA) is 62.7 Å². The van der Waals surface area contributed by atoms with Crippen molar-refractivity contribution in [2.75, 3.05) is 26.2 Å². The lowest BCUT2D eigenvalue weighted by Gasteiger charge is -2.26. The monoisotopic (exact) mass is 427 g/mol. The molecule has 2 amide bonds. The van der Waals surface area contributed by atoms with Gasteiger partial charge in [-0.15, -0.1) is 0 Å². The zero-order valence-electron chi connectivity index (χ0n) is 18.2. The zero-order valence-corrected chi connectivity index (χ0v) is 18.2. The molecule has 1 saturated heterocycles. The second kappa shape index (κ2) is 11.0. The largest absolute Gasteiger partial charge is 0.370 e. The summed E-state index contributed by atoms with van der Waals surface area (Å²) in [5.74, 6) is -0.223. The number of aryl methyl sites for hydroxylation is 1. The molecule has 1 aromatic carbocycles. The van der Waals surface area contributed by atoms with Crippen LogP contribution in [0.25, 0.3) is 0 Å². The molecule has 0 bridgehead atoms. The Bertz CT molecular complexity index is 875. The van der Waals surface area contributed by atoms with Gasteiger partial charge < -0.3 is 14.5 Å². The molecule has 1 aliphatic heterocycles. The minimum absolute atomic E-state index is 0.0350. The smallest absolute Gasteiger partial charge is 0.242 e. The number of rotatable bonds is 8. The van der Waals surface area contributed by atoms with E-state index in [9.17, 15) is 14.0 Å². The van der Waals surface area contributed by atoms with E-state index in [1.807, 2.05) is 32.0 Å². The van der Waals surface area contributed by atoms with E-state index >= 15 is 0 Å². The average Bonchev–Trinajstić information content (AvgIpc) is 2.90. The fraction of sp³-hybridized carbons (Fsp3) is 0.458. The van der Waals surface area contributed by atoms with E-state index in [4.69, 9.17) is 4.74 Å². The first kappa shape index (κ1) is 22.9. The molecule has 2 heterocycles. The number of pyridine rings is 1. The van der Waals surface area contributed by atoms with Gasteiger partial charge in [-0.1, -0.05) is 38.1 Å². The standard InChI is InChI=1S/C24H30FN3O3/c1-18(2)13-27-14-21(31-17-19-7-3-4-9-22(19)25)15-28(16-24(27)30)23(29)11-10-20-8-5-6-12-26-20/h3-9,12,18,21H,10-11,13-17H2,1-2H3/t21-/m0/s1. The number of aromatic nitrogens is 1. The summed E-state index contributed by atoms with van der Waals surface area (Å²) < 4.78 is 20.0. The van der Waals surface area contributed by atoms with Crippen LogP contribution in [0.3, 0.4) is 0 Å². The van der Waals surface area contributed by atoms with Crippen LogP contribution in [0.4, 0.5) is 4.39 Å². The molecule has 1 aromatic heterocycles. The first-order chi connectivity index (χ1) is 14.9. The second-order valence-corrected chi connectivity index (χ2v) is 8.31. The molecular formula is C24H30FN3O3. The van der Waals surface area contributed by atoms with Crippen molar-refractivity contribution in [2.45, 2.75) is 39.4 Å². The van der Waals surface area contributed by atoms with E-state index in [1.165, 1.54) is 6.07 Å². The van der Waals surface area contributed by atoms with Crippen molar-refractivity contribution in [3.63, 3.8) is 0 Å².